The number of nitrogens with zero attached hydrogens (tertiary/aromatic N) is 3. The van der Waals surface area contributed by atoms with Crippen LogP contribution >= 0.6 is 0 Å². The second kappa shape index (κ2) is 16.7. The molecule has 2 heterocycles. The number of anilines is 1. The van der Waals surface area contributed by atoms with Crippen LogP contribution in [0.4, 0.5) is 14.5 Å². The Morgan fingerprint density at radius 2 is 1.73 bits per heavy atom. The van der Waals surface area contributed by atoms with Crippen LogP contribution in [0.1, 0.15) is 28.8 Å². The molecule has 4 amide bonds. The number of halogens is 2. The second-order valence-corrected chi connectivity index (χ2v) is 13.0. The number of nitrogens with one attached hydrogen (secondary N) is 3. The van der Waals surface area contributed by atoms with E-state index < -0.39 is 55.0 Å². The molecule has 1 aliphatic heterocycles. The Morgan fingerprint density at radius 3 is 2.43 bits per heavy atom. The lowest BCUT2D eigenvalue weighted by Gasteiger charge is -2.23. The summed E-state index contributed by atoms with van der Waals surface area (Å²) in [6, 6.07) is 9.36. The molecule has 3 aromatic rings. The zero-order valence-corrected chi connectivity index (χ0v) is 29.2. The first kappa shape index (κ1) is 38.6. The molecule has 4 rings (SSSR count). The second-order valence-electron chi connectivity index (χ2n) is 13.0. The van der Waals surface area contributed by atoms with Gasteiger partial charge in [0.1, 0.15) is 12.6 Å². The van der Waals surface area contributed by atoms with Crippen LogP contribution in [0.2, 0.25) is 0 Å². The number of benzene rings is 2. The van der Waals surface area contributed by atoms with Gasteiger partial charge in [-0.25, -0.2) is 8.78 Å². The first-order valence-corrected chi connectivity index (χ1v) is 16.2. The molecule has 1 fully saturated rings. The van der Waals surface area contributed by atoms with E-state index >= 15 is 0 Å². The number of hydrogen-bond acceptors (Lipinski definition) is 9. The number of carbonyl (C=O) groups excluding carboxylic acids is 5. The van der Waals surface area contributed by atoms with Crippen LogP contribution in [0, 0.1) is 0 Å². The molecule has 0 unspecified atom stereocenters. The minimum Gasteiger partial charge on any atom is -0.493 e. The average molecular weight is 714 g/mol. The molecular formula is C35H43F2N6O8+. The van der Waals surface area contributed by atoms with Gasteiger partial charge in [0.05, 0.1) is 84.9 Å². The molecule has 1 atom stereocenters. The number of rotatable bonds is 16. The van der Waals surface area contributed by atoms with Crippen molar-refractivity contribution < 1.29 is 51.4 Å². The summed E-state index contributed by atoms with van der Waals surface area (Å²) >= 11 is 0. The van der Waals surface area contributed by atoms with Gasteiger partial charge in [-0.1, -0.05) is 18.2 Å². The van der Waals surface area contributed by atoms with Crippen LogP contribution in [0.3, 0.4) is 0 Å². The lowest BCUT2D eigenvalue weighted by molar-refractivity contribution is -0.870. The number of methoxy groups -OCH3 is 2. The minimum atomic E-state index is -3.43. The number of likely N-dealkylation sites (N-methyl/N-ethyl adjacent to an activating group) is 1. The lowest BCUT2D eigenvalue weighted by atomic mass is 10.1. The van der Waals surface area contributed by atoms with E-state index in [1.807, 2.05) is 21.1 Å². The van der Waals surface area contributed by atoms with E-state index in [9.17, 15) is 32.8 Å². The van der Waals surface area contributed by atoms with Crippen molar-refractivity contribution in [1.29, 1.82) is 0 Å². The van der Waals surface area contributed by atoms with Gasteiger partial charge in [0, 0.05) is 24.5 Å². The Kier molecular flexibility index (Phi) is 12.6. The van der Waals surface area contributed by atoms with Crippen molar-refractivity contribution in [2.24, 2.45) is 0 Å². The molecule has 1 saturated heterocycles. The standard InChI is InChI=1S/C35H42F2N6O8/c1-43(2,3)14-16-51-15-12-29(44)41-25-8-6-7-23-24(11-13-38-31(23)25)33(47)40-20-30(45)42-21-35(36,37)18-26(42)32(46)34(48)39-19-22-9-10-27(49-4)28(17-22)50-5/h6-11,13,17,26H,12,14-16,18-21H2,1-5H3,(H2-,39,40,41,44,47,48)/p+1/t26-/m0/s1. The summed E-state index contributed by atoms with van der Waals surface area (Å²) < 4.78 is 45.7. The van der Waals surface area contributed by atoms with E-state index in [1.54, 1.807) is 36.4 Å². The first-order valence-electron chi connectivity index (χ1n) is 16.2. The maximum Gasteiger partial charge on any atom is 0.289 e. The van der Waals surface area contributed by atoms with Gasteiger partial charge in [-0.15, -0.1) is 0 Å². The zero-order chi connectivity index (χ0) is 37.3. The number of ketones is 1. The van der Waals surface area contributed by atoms with E-state index in [4.69, 9.17) is 14.2 Å². The van der Waals surface area contributed by atoms with Gasteiger partial charge >= 0.3 is 0 Å². The van der Waals surface area contributed by atoms with Crippen LogP contribution in [0.5, 0.6) is 11.5 Å². The Bertz CT molecular complexity index is 1780. The quantitative estimate of drug-likeness (QED) is 0.115. The van der Waals surface area contributed by atoms with Gasteiger partial charge in [0.25, 0.3) is 17.7 Å². The summed E-state index contributed by atoms with van der Waals surface area (Å²) in [4.78, 5) is 69.6. The summed E-state index contributed by atoms with van der Waals surface area (Å²) in [5.41, 5.74) is 1.34. The monoisotopic (exact) mass is 713 g/mol. The highest BCUT2D eigenvalue weighted by atomic mass is 19.3. The third-order valence-corrected chi connectivity index (χ3v) is 8.09. The fourth-order valence-electron chi connectivity index (χ4n) is 5.37. The van der Waals surface area contributed by atoms with Gasteiger partial charge < -0.3 is 39.5 Å². The number of quaternary nitrogens is 1. The fraction of sp³-hybridized carbons (Fsp3) is 0.429. The third kappa shape index (κ3) is 10.4. The molecule has 0 saturated carbocycles. The number of amides is 4. The molecular weight excluding hydrogens is 670 g/mol. The van der Waals surface area contributed by atoms with Gasteiger partial charge in [-0.05, 0) is 29.8 Å². The first-order chi connectivity index (χ1) is 24.1. The zero-order valence-electron chi connectivity index (χ0n) is 29.2. The third-order valence-electron chi connectivity index (χ3n) is 8.09. The number of aromatic nitrogens is 1. The number of hydrogen-bond donors (Lipinski definition) is 3. The SMILES string of the molecule is COc1ccc(CNC(=O)C(=O)[C@@H]2CC(F)(F)CN2C(=O)CNC(=O)c2ccnc3c(NC(=O)CCOCC[N+](C)(C)C)cccc23)cc1OC. The predicted molar refractivity (Wildman–Crippen MR) is 183 cm³/mol. The van der Waals surface area contributed by atoms with Crippen LogP contribution in [-0.2, 0) is 30.5 Å². The number of Topliss-reactive ketones (excluding diaryl/α,β-unsaturated/α-hetero) is 1. The normalized spacial score (nSPS) is 15.3. The fourth-order valence-corrected chi connectivity index (χ4v) is 5.37. The van der Waals surface area contributed by atoms with E-state index in [0.717, 1.165) is 11.0 Å². The van der Waals surface area contributed by atoms with Crippen LogP contribution in [0.25, 0.3) is 10.9 Å². The molecule has 3 N–H and O–H groups in total. The van der Waals surface area contributed by atoms with E-state index in [1.165, 1.54) is 26.5 Å². The van der Waals surface area contributed by atoms with Gasteiger partial charge in [0.15, 0.2) is 11.5 Å². The largest absolute Gasteiger partial charge is 0.493 e. The van der Waals surface area contributed by atoms with Crippen LogP contribution < -0.4 is 25.4 Å². The van der Waals surface area contributed by atoms with Crippen molar-refractivity contribution in [3.05, 3.63) is 59.8 Å². The highest BCUT2D eigenvalue weighted by Crippen LogP contribution is 2.33. The summed E-state index contributed by atoms with van der Waals surface area (Å²) in [7, 11) is 9.01. The maximum atomic E-state index is 14.5. The molecule has 0 radical (unpaired) electrons. The topological polar surface area (TPSA) is 165 Å². The van der Waals surface area contributed by atoms with Crippen LogP contribution in [-0.4, -0.2) is 124 Å². The Labute approximate surface area is 294 Å². The van der Waals surface area contributed by atoms with E-state index in [-0.39, 0.29) is 31.0 Å². The van der Waals surface area contributed by atoms with Crippen LogP contribution in [0.15, 0.2) is 48.7 Å². The molecule has 274 valence electrons. The molecule has 1 aliphatic rings. The molecule has 0 spiro atoms. The number of likely N-dealkylation sites (tertiary alicyclic amines) is 1. The average Bonchev–Trinajstić information content (AvgIpc) is 3.43. The number of pyridine rings is 1. The van der Waals surface area contributed by atoms with Gasteiger partial charge in [-0.3, -0.25) is 29.0 Å². The van der Waals surface area contributed by atoms with Crippen molar-refractivity contribution >= 4 is 46.0 Å². The Balaban J connectivity index is 1.36. The van der Waals surface area contributed by atoms with Crippen molar-refractivity contribution in [2.45, 2.75) is 31.4 Å². The van der Waals surface area contributed by atoms with Gasteiger partial charge in [0.2, 0.25) is 17.6 Å². The van der Waals surface area contributed by atoms with Crippen molar-refractivity contribution in [3.63, 3.8) is 0 Å². The molecule has 16 heteroatoms. The lowest BCUT2D eigenvalue weighted by Crippen LogP contribution is -2.49. The maximum absolute atomic E-state index is 14.5. The Morgan fingerprint density at radius 1 is 0.980 bits per heavy atom. The summed E-state index contributed by atoms with van der Waals surface area (Å²) in [5, 5.41) is 7.97. The number of carbonyl (C=O) groups is 5. The number of ether oxygens (including phenoxy) is 3. The predicted octanol–water partition coefficient (Wildman–Crippen LogP) is 2.15. The molecule has 0 bridgehead atoms. The molecule has 2 aromatic carbocycles. The van der Waals surface area contributed by atoms with Crippen molar-refractivity contribution in [2.75, 3.05) is 73.5 Å². The highest BCUT2D eigenvalue weighted by Gasteiger charge is 2.51. The van der Waals surface area contributed by atoms with Crippen molar-refractivity contribution in [1.82, 2.24) is 20.5 Å². The summed E-state index contributed by atoms with van der Waals surface area (Å²) in [5.74, 6) is -6.94. The smallest absolute Gasteiger partial charge is 0.289 e. The minimum absolute atomic E-state index is 0.106. The van der Waals surface area contributed by atoms with Crippen molar-refractivity contribution in [3.8, 4) is 11.5 Å². The number of fused-ring (bicyclic) bond motifs is 1. The van der Waals surface area contributed by atoms with E-state index in [0.29, 0.717) is 45.2 Å². The highest BCUT2D eigenvalue weighted by molar-refractivity contribution is 6.38. The number of alkyl halides is 2. The Hall–Kier alpha value is -5.22. The molecule has 14 nitrogen and oxygen atoms in total. The molecule has 0 aliphatic carbocycles. The number of para-hydroxylation sites is 1. The molecule has 1 aromatic heterocycles. The molecule has 51 heavy (non-hydrogen) atoms. The summed E-state index contributed by atoms with van der Waals surface area (Å²) in [6.07, 6.45) is 0.425. The van der Waals surface area contributed by atoms with E-state index in [2.05, 4.69) is 20.9 Å². The summed E-state index contributed by atoms with van der Waals surface area (Å²) in [6.45, 7) is -0.417. The van der Waals surface area contributed by atoms with Gasteiger partial charge in [-0.2, -0.15) is 0 Å².